The molecule has 3 saturated heterocycles. The second-order valence-electron chi connectivity index (χ2n) is 14.8. The predicted octanol–water partition coefficient (Wildman–Crippen LogP) is 6.85. The summed E-state index contributed by atoms with van der Waals surface area (Å²) >= 11 is 0. The molecular formula is C45H51FO11. The van der Waals surface area contributed by atoms with Crippen molar-refractivity contribution in [1.29, 1.82) is 0 Å². The summed E-state index contributed by atoms with van der Waals surface area (Å²) in [5.74, 6) is -1.50. The molecule has 304 valence electrons. The van der Waals surface area contributed by atoms with Crippen molar-refractivity contribution in [1.82, 2.24) is 0 Å². The van der Waals surface area contributed by atoms with Crippen molar-refractivity contribution < 1.29 is 56.6 Å². The van der Waals surface area contributed by atoms with Gasteiger partial charge in [0.25, 0.3) is 0 Å². The van der Waals surface area contributed by atoms with Gasteiger partial charge in [-0.05, 0) is 36.1 Å². The van der Waals surface area contributed by atoms with Gasteiger partial charge in [-0.1, -0.05) is 121 Å². The largest absolute Gasteiger partial charge is 0.463 e. The van der Waals surface area contributed by atoms with E-state index in [9.17, 15) is 4.79 Å². The third-order valence-corrected chi connectivity index (χ3v) is 10.1. The minimum Gasteiger partial charge on any atom is -0.463 e. The van der Waals surface area contributed by atoms with Gasteiger partial charge in [-0.2, -0.15) is 0 Å². The molecule has 0 unspecified atom stereocenters. The number of hydrogen-bond donors (Lipinski definition) is 0. The van der Waals surface area contributed by atoms with Crippen LogP contribution in [0.5, 0.6) is 0 Å². The molecular weight excluding hydrogens is 735 g/mol. The molecule has 3 aliphatic rings. The average Bonchev–Trinajstić information content (AvgIpc) is 3.22. The number of esters is 1. The molecule has 4 aromatic rings. The Morgan fingerprint density at radius 3 is 1.58 bits per heavy atom. The third kappa shape index (κ3) is 11.1. The Bertz CT molecular complexity index is 1800. The van der Waals surface area contributed by atoms with Gasteiger partial charge < -0.3 is 47.4 Å². The fourth-order valence-corrected chi connectivity index (χ4v) is 7.22. The van der Waals surface area contributed by atoms with E-state index >= 15 is 4.39 Å². The second-order valence-corrected chi connectivity index (χ2v) is 14.8. The van der Waals surface area contributed by atoms with Gasteiger partial charge in [-0.15, -0.1) is 0 Å². The fourth-order valence-electron chi connectivity index (χ4n) is 7.22. The summed E-state index contributed by atoms with van der Waals surface area (Å²) in [6.07, 6.45) is -10.5. The highest BCUT2D eigenvalue weighted by Gasteiger charge is 2.56. The number of hydrogen-bond acceptors (Lipinski definition) is 11. The Hall–Kier alpha value is -4.08. The molecule has 3 fully saturated rings. The Morgan fingerprint density at radius 1 is 0.632 bits per heavy atom. The highest BCUT2D eigenvalue weighted by molar-refractivity contribution is 5.65. The number of halogens is 1. The maximum absolute atomic E-state index is 16.3. The van der Waals surface area contributed by atoms with Crippen molar-refractivity contribution in [3.8, 4) is 0 Å². The van der Waals surface area contributed by atoms with E-state index in [-0.39, 0.29) is 39.6 Å². The Balaban J connectivity index is 1.24. The van der Waals surface area contributed by atoms with E-state index < -0.39 is 73.2 Å². The number of ether oxygens (including phenoxy) is 10. The summed E-state index contributed by atoms with van der Waals surface area (Å²) in [5, 5.41) is 0. The lowest BCUT2D eigenvalue weighted by Gasteiger charge is -2.52. The molecule has 12 heteroatoms. The van der Waals surface area contributed by atoms with Crippen LogP contribution in [-0.2, 0) is 78.6 Å². The quantitative estimate of drug-likeness (QED) is 0.111. The molecule has 0 amide bonds. The maximum Gasteiger partial charge on any atom is 0.302 e. The summed E-state index contributed by atoms with van der Waals surface area (Å²) < 4.78 is 80.3. The number of fused-ring (bicyclic) bond motifs is 1. The molecule has 3 aliphatic heterocycles. The lowest BCUT2D eigenvalue weighted by Crippen LogP contribution is -2.68. The standard InChI is InChI=1S/C45H51FO11/c1-30(47)48-28-35-37(39(49-24-31-16-8-4-9-17-31)41(43(46)54-35)51-26-33-20-12-6-13-21-33)56-44-42(52-27-34-22-14-7-15-23-34)40(50-25-32-18-10-5-11-19-32)38-36(55-44)29-53-45(2,3)57-38/h4-23,35-44H,24-29H2,1-3H3/t35-,36-,37+,38+,39+,40+,41-,42-,43-,44-/m1/s1. The molecule has 0 aromatic heterocycles. The van der Waals surface area contributed by atoms with E-state index in [0.717, 1.165) is 22.3 Å². The van der Waals surface area contributed by atoms with E-state index in [1.165, 1.54) is 6.92 Å². The van der Waals surface area contributed by atoms with Crippen molar-refractivity contribution in [3.05, 3.63) is 144 Å². The lowest BCUT2D eigenvalue weighted by atomic mass is 9.95. The summed E-state index contributed by atoms with van der Waals surface area (Å²) in [6.45, 7) is 5.45. The van der Waals surface area contributed by atoms with Gasteiger partial charge in [0.05, 0.1) is 33.0 Å². The monoisotopic (exact) mass is 786 g/mol. The molecule has 0 aliphatic carbocycles. The SMILES string of the molecule is CC(=O)OC[C@H]1O[C@@H](F)[C@H](OCc2ccccc2)[C@@H](OCc2ccccc2)[C@H]1O[C@H]1O[C@@H]2COC(C)(C)O[C@@H]2[C@H](OCc2ccccc2)[C@H]1OCc1ccccc1. The van der Waals surface area contributed by atoms with Crippen LogP contribution >= 0.6 is 0 Å². The van der Waals surface area contributed by atoms with Crippen molar-refractivity contribution >= 4 is 5.97 Å². The van der Waals surface area contributed by atoms with Crippen molar-refractivity contribution in [2.24, 2.45) is 0 Å². The molecule has 0 N–H and O–H groups in total. The molecule has 0 bridgehead atoms. The Kier molecular flexibility index (Phi) is 14.1. The first-order valence-electron chi connectivity index (χ1n) is 19.4. The normalized spacial score (nSPS) is 29.6. The summed E-state index contributed by atoms with van der Waals surface area (Å²) in [5.41, 5.74) is 3.56. The van der Waals surface area contributed by atoms with Crippen LogP contribution in [0.2, 0.25) is 0 Å². The van der Waals surface area contributed by atoms with E-state index in [1.807, 2.05) is 135 Å². The van der Waals surface area contributed by atoms with E-state index in [2.05, 4.69) is 0 Å². The molecule has 0 radical (unpaired) electrons. The first-order chi connectivity index (χ1) is 27.7. The molecule has 0 saturated carbocycles. The van der Waals surface area contributed by atoms with E-state index in [0.29, 0.717) is 0 Å². The Morgan fingerprint density at radius 2 is 1.09 bits per heavy atom. The van der Waals surface area contributed by atoms with Gasteiger partial charge in [-0.25, -0.2) is 4.39 Å². The first-order valence-corrected chi connectivity index (χ1v) is 19.4. The molecule has 4 aromatic carbocycles. The van der Waals surface area contributed by atoms with Gasteiger partial charge >= 0.3 is 5.97 Å². The third-order valence-electron chi connectivity index (χ3n) is 10.1. The van der Waals surface area contributed by atoms with Crippen molar-refractivity contribution in [2.45, 2.75) is 114 Å². The smallest absolute Gasteiger partial charge is 0.302 e. The van der Waals surface area contributed by atoms with Gasteiger partial charge in [-0.3, -0.25) is 4.79 Å². The molecule has 11 nitrogen and oxygen atoms in total. The van der Waals surface area contributed by atoms with Crippen LogP contribution in [0.15, 0.2) is 121 Å². The minimum absolute atomic E-state index is 0.0776. The van der Waals surface area contributed by atoms with E-state index in [1.54, 1.807) is 0 Å². The van der Waals surface area contributed by atoms with Crippen molar-refractivity contribution in [3.63, 3.8) is 0 Å². The van der Waals surface area contributed by atoms with Crippen LogP contribution < -0.4 is 0 Å². The summed E-state index contributed by atoms with van der Waals surface area (Å²) in [4.78, 5) is 12.1. The van der Waals surface area contributed by atoms with Crippen LogP contribution in [0.4, 0.5) is 4.39 Å². The highest BCUT2D eigenvalue weighted by atomic mass is 19.1. The second kappa shape index (κ2) is 19.6. The van der Waals surface area contributed by atoms with Crippen LogP contribution in [-0.4, -0.2) is 86.4 Å². The zero-order valence-electron chi connectivity index (χ0n) is 32.4. The zero-order chi connectivity index (χ0) is 39.6. The van der Waals surface area contributed by atoms with Crippen molar-refractivity contribution in [2.75, 3.05) is 13.2 Å². The summed E-state index contributed by atoms with van der Waals surface area (Å²) in [6, 6.07) is 38.5. The number of carbonyl (C=O) groups excluding carboxylic acids is 1. The maximum atomic E-state index is 16.3. The van der Waals surface area contributed by atoms with Crippen LogP contribution in [0.1, 0.15) is 43.0 Å². The zero-order valence-corrected chi connectivity index (χ0v) is 32.4. The number of carbonyl (C=O) groups is 1. The van der Waals surface area contributed by atoms with Gasteiger partial charge in [0.2, 0.25) is 6.36 Å². The van der Waals surface area contributed by atoms with Gasteiger partial charge in [0, 0.05) is 6.92 Å². The molecule has 0 spiro atoms. The number of benzene rings is 4. The minimum atomic E-state index is -1.96. The lowest BCUT2D eigenvalue weighted by molar-refractivity contribution is -0.406. The summed E-state index contributed by atoms with van der Waals surface area (Å²) in [7, 11) is 0. The first kappa shape index (κ1) is 41.1. The van der Waals surface area contributed by atoms with Crippen LogP contribution in [0.3, 0.4) is 0 Å². The topological polar surface area (TPSA) is 109 Å². The van der Waals surface area contributed by atoms with Crippen LogP contribution in [0, 0.1) is 0 Å². The fraction of sp³-hybridized carbons (Fsp3) is 0.444. The molecule has 7 rings (SSSR count). The molecule has 57 heavy (non-hydrogen) atoms. The van der Waals surface area contributed by atoms with Crippen LogP contribution in [0.25, 0.3) is 0 Å². The number of alkyl halides is 1. The molecule has 10 atom stereocenters. The van der Waals surface area contributed by atoms with Gasteiger partial charge in [0.1, 0.15) is 55.4 Å². The average molecular weight is 787 g/mol. The highest BCUT2D eigenvalue weighted by Crippen LogP contribution is 2.39. The molecule has 3 heterocycles. The Labute approximate surface area is 333 Å². The van der Waals surface area contributed by atoms with E-state index in [4.69, 9.17) is 47.4 Å². The predicted molar refractivity (Wildman–Crippen MR) is 205 cm³/mol. The van der Waals surface area contributed by atoms with Gasteiger partial charge in [0.15, 0.2) is 12.1 Å². The number of rotatable bonds is 16.